The highest BCUT2D eigenvalue weighted by molar-refractivity contribution is 6.14. The lowest BCUT2D eigenvalue weighted by molar-refractivity contribution is -0.142. The molecule has 0 saturated carbocycles. The lowest BCUT2D eigenvalue weighted by Crippen LogP contribution is -2.53. The van der Waals surface area contributed by atoms with E-state index in [-0.39, 0.29) is 6.42 Å². The maximum atomic E-state index is 12.5. The number of rotatable bonds is 5. The van der Waals surface area contributed by atoms with E-state index in [0.717, 1.165) is 5.56 Å². The van der Waals surface area contributed by atoms with Crippen LogP contribution in [0.25, 0.3) is 0 Å². The van der Waals surface area contributed by atoms with E-state index in [4.69, 9.17) is 16.6 Å². The predicted molar refractivity (Wildman–Crippen MR) is 70.9 cm³/mol. The summed E-state index contributed by atoms with van der Waals surface area (Å²) in [5.41, 5.74) is 11.0. The Morgan fingerprint density at radius 2 is 1.95 bits per heavy atom. The number of carbonyl (C=O) groups excluding carboxylic acids is 2. The Balaban J connectivity index is 2.46. The molecule has 6 nitrogen and oxygen atoms in total. The van der Waals surface area contributed by atoms with Crippen molar-refractivity contribution in [2.24, 2.45) is 11.5 Å². The number of Topliss-reactive ketones (excluding diaryl/α,β-unsaturated/α-hetero) is 1. The number of primary amides is 1. The van der Waals surface area contributed by atoms with Crippen LogP contribution in [-0.4, -0.2) is 28.8 Å². The molecule has 6 heteroatoms. The largest absolute Gasteiger partial charge is 0.481 e. The summed E-state index contributed by atoms with van der Waals surface area (Å²) in [4.78, 5) is 35.1. The van der Waals surface area contributed by atoms with Crippen LogP contribution >= 0.6 is 0 Å². The van der Waals surface area contributed by atoms with Crippen LogP contribution in [0.15, 0.2) is 24.3 Å². The zero-order valence-corrected chi connectivity index (χ0v) is 10.8. The van der Waals surface area contributed by atoms with Gasteiger partial charge in [-0.25, -0.2) is 0 Å². The van der Waals surface area contributed by atoms with Crippen LogP contribution in [0.2, 0.25) is 0 Å². The molecule has 0 aliphatic heterocycles. The summed E-state index contributed by atoms with van der Waals surface area (Å²) < 4.78 is 0. The Morgan fingerprint density at radius 1 is 1.30 bits per heavy atom. The van der Waals surface area contributed by atoms with Crippen LogP contribution in [0.5, 0.6) is 0 Å². The molecule has 0 heterocycles. The molecular weight excluding hydrogens is 260 g/mol. The van der Waals surface area contributed by atoms with Crippen molar-refractivity contribution < 1.29 is 19.5 Å². The molecule has 0 spiro atoms. The fourth-order valence-corrected chi connectivity index (χ4v) is 2.84. The Labute approximate surface area is 115 Å². The number of carbonyl (C=O) groups is 3. The van der Waals surface area contributed by atoms with Gasteiger partial charge in [-0.1, -0.05) is 24.3 Å². The molecule has 1 aromatic carbocycles. The number of hydrogen-bond donors (Lipinski definition) is 3. The highest BCUT2D eigenvalue weighted by Gasteiger charge is 2.51. The third kappa shape index (κ3) is 2.08. The maximum Gasteiger partial charge on any atom is 0.305 e. The van der Waals surface area contributed by atoms with Gasteiger partial charge in [-0.15, -0.1) is 0 Å². The molecule has 1 aliphatic rings. The second-order valence-corrected chi connectivity index (χ2v) is 5.00. The van der Waals surface area contributed by atoms with Gasteiger partial charge in [-0.3, -0.25) is 14.4 Å². The monoisotopic (exact) mass is 276 g/mol. The minimum absolute atomic E-state index is 0.244. The molecule has 0 saturated heterocycles. The first kappa shape index (κ1) is 14.2. The van der Waals surface area contributed by atoms with Gasteiger partial charge in [0.05, 0.1) is 12.5 Å². The summed E-state index contributed by atoms with van der Waals surface area (Å²) in [6, 6.07) is 5.80. The summed E-state index contributed by atoms with van der Waals surface area (Å²) >= 11 is 0. The second-order valence-electron chi connectivity index (χ2n) is 5.00. The van der Waals surface area contributed by atoms with Crippen molar-refractivity contribution in [2.75, 3.05) is 0 Å². The van der Waals surface area contributed by atoms with Gasteiger partial charge in [0, 0.05) is 0 Å². The van der Waals surface area contributed by atoms with Crippen LogP contribution in [0.1, 0.15) is 24.0 Å². The number of fused-ring (bicyclic) bond motifs is 1. The first-order valence-corrected chi connectivity index (χ1v) is 6.29. The summed E-state index contributed by atoms with van der Waals surface area (Å²) in [6.45, 7) is 0. The molecule has 1 unspecified atom stereocenters. The first-order chi connectivity index (χ1) is 9.39. The number of ketones is 1. The molecule has 1 aliphatic carbocycles. The fourth-order valence-electron chi connectivity index (χ4n) is 2.84. The van der Waals surface area contributed by atoms with Crippen LogP contribution in [0, 0.1) is 0 Å². The quantitative estimate of drug-likeness (QED) is 0.638. The summed E-state index contributed by atoms with van der Waals surface area (Å²) in [6.07, 6.45) is 0.272. The molecule has 0 fully saturated rings. The van der Waals surface area contributed by atoms with Gasteiger partial charge in [0.1, 0.15) is 5.41 Å². The summed E-state index contributed by atoms with van der Waals surface area (Å²) in [5.74, 6) is -2.57. The van der Waals surface area contributed by atoms with E-state index in [1.807, 2.05) is 12.1 Å². The van der Waals surface area contributed by atoms with Crippen molar-refractivity contribution in [1.82, 2.24) is 0 Å². The third-order valence-corrected chi connectivity index (χ3v) is 3.82. The van der Waals surface area contributed by atoms with Gasteiger partial charge >= 0.3 is 5.97 Å². The summed E-state index contributed by atoms with van der Waals surface area (Å²) in [7, 11) is 0. The van der Waals surface area contributed by atoms with Crippen molar-refractivity contribution in [1.29, 1.82) is 0 Å². The zero-order chi connectivity index (χ0) is 14.9. The van der Waals surface area contributed by atoms with E-state index in [1.54, 1.807) is 12.1 Å². The Morgan fingerprint density at radius 3 is 2.55 bits per heavy atom. The normalized spacial score (nSPS) is 22.1. The highest BCUT2D eigenvalue weighted by Crippen LogP contribution is 2.40. The van der Waals surface area contributed by atoms with E-state index in [9.17, 15) is 14.4 Å². The van der Waals surface area contributed by atoms with Crippen molar-refractivity contribution in [3.8, 4) is 0 Å². The maximum absolute atomic E-state index is 12.5. The molecule has 1 aromatic rings. The predicted octanol–water partition coefficient (Wildman–Crippen LogP) is -0.273. The van der Waals surface area contributed by atoms with Gasteiger partial charge in [-0.05, 0) is 24.0 Å². The number of carboxylic acids is 1. The van der Waals surface area contributed by atoms with Crippen LogP contribution in [0.4, 0.5) is 0 Å². The third-order valence-electron chi connectivity index (χ3n) is 3.82. The van der Waals surface area contributed by atoms with Gasteiger partial charge in [-0.2, -0.15) is 0 Å². The first-order valence-electron chi connectivity index (χ1n) is 6.29. The second kappa shape index (κ2) is 5.05. The molecule has 0 radical (unpaired) electrons. The molecular formula is C14H16N2O4. The van der Waals surface area contributed by atoms with Gasteiger partial charge in [0.15, 0.2) is 5.78 Å². The van der Waals surface area contributed by atoms with Crippen molar-refractivity contribution in [3.05, 3.63) is 35.4 Å². The average molecular weight is 276 g/mol. The van der Waals surface area contributed by atoms with Gasteiger partial charge in [0.25, 0.3) is 0 Å². The van der Waals surface area contributed by atoms with Crippen LogP contribution in [-0.2, 0) is 26.2 Å². The molecule has 2 rings (SSSR count). The minimum Gasteiger partial charge on any atom is -0.481 e. The number of aryl methyl sites for hydroxylation is 1. The number of aliphatic carboxylic acids is 1. The zero-order valence-electron chi connectivity index (χ0n) is 10.8. The molecule has 106 valence electrons. The van der Waals surface area contributed by atoms with E-state index in [2.05, 4.69) is 0 Å². The Bertz CT molecular complexity index is 584. The van der Waals surface area contributed by atoms with E-state index >= 15 is 0 Å². The minimum atomic E-state index is -1.49. The topological polar surface area (TPSA) is 123 Å². The highest BCUT2D eigenvalue weighted by atomic mass is 16.4. The standard InChI is InChI=1S/C14H16N2O4/c15-10(7-11(17)18)12(19)14(13(16)20)6-5-8-3-1-2-4-9(8)14/h1-4,10H,5-7,15H2,(H2,16,20)(H,17,18)/t10-,14?/m0/s1. The average Bonchev–Trinajstić information content (AvgIpc) is 2.77. The molecule has 0 bridgehead atoms. The number of amides is 1. The lowest BCUT2D eigenvalue weighted by atomic mass is 9.74. The molecule has 0 aromatic heterocycles. The molecule has 20 heavy (non-hydrogen) atoms. The smallest absolute Gasteiger partial charge is 0.305 e. The molecule has 5 N–H and O–H groups in total. The van der Waals surface area contributed by atoms with Gasteiger partial charge in [0.2, 0.25) is 5.91 Å². The molecule has 2 atom stereocenters. The van der Waals surface area contributed by atoms with Crippen LogP contribution in [0.3, 0.4) is 0 Å². The number of carboxylic acid groups (broad SMARTS) is 1. The SMILES string of the molecule is NC(=O)C1(C(=O)[C@@H](N)CC(=O)O)CCc2ccccc21. The summed E-state index contributed by atoms with van der Waals surface area (Å²) in [5, 5.41) is 8.75. The van der Waals surface area contributed by atoms with Gasteiger partial charge < -0.3 is 16.6 Å². The molecule has 1 amide bonds. The number of hydrogen-bond acceptors (Lipinski definition) is 4. The number of nitrogens with two attached hydrogens (primary N) is 2. The van der Waals surface area contributed by atoms with E-state index in [1.165, 1.54) is 0 Å². The van der Waals surface area contributed by atoms with Crippen molar-refractivity contribution in [3.63, 3.8) is 0 Å². The van der Waals surface area contributed by atoms with E-state index < -0.39 is 35.5 Å². The Kier molecular flexibility index (Phi) is 3.59. The number of benzene rings is 1. The Hall–Kier alpha value is -2.21. The lowest BCUT2D eigenvalue weighted by Gasteiger charge is -2.27. The fraction of sp³-hybridized carbons (Fsp3) is 0.357. The van der Waals surface area contributed by atoms with Crippen molar-refractivity contribution in [2.45, 2.75) is 30.7 Å². The van der Waals surface area contributed by atoms with Crippen molar-refractivity contribution >= 4 is 17.7 Å². The van der Waals surface area contributed by atoms with E-state index in [0.29, 0.717) is 12.0 Å². The van der Waals surface area contributed by atoms with Crippen LogP contribution < -0.4 is 11.5 Å².